The van der Waals surface area contributed by atoms with Crippen LogP contribution in [0.2, 0.25) is 0 Å². The maximum absolute atomic E-state index is 12.4. The standard InChI is InChI=1S/C9H13F3N2O/c1-15-3-2-13-4-7-5-14-6-8(7)9(10,11)12/h5-6,13-14H,2-4H2,1H3. The lowest BCUT2D eigenvalue weighted by Crippen LogP contribution is -2.20. The number of halogens is 3. The molecule has 1 heterocycles. The number of hydrogen-bond acceptors (Lipinski definition) is 2. The molecule has 1 rings (SSSR count). The van der Waals surface area contributed by atoms with Gasteiger partial charge in [0.05, 0.1) is 12.2 Å². The fraction of sp³-hybridized carbons (Fsp3) is 0.556. The molecule has 3 nitrogen and oxygen atoms in total. The van der Waals surface area contributed by atoms with E-state index in [1.54, 1.807) is 7.11 Å². The molecule has 0 spiro atoms. The van der Waals surface area contributed by atoms with Crippen LogP contribution in [0, 0.1) is 0 Å². The van der Waals surface area contributed by atoms with Crippen LogP contribution < -0.4 is 5.32 Å². The van der Waals surface area contributed by atoms with E-state index in [0.29, 0.717) is 13.2 Å². The van der Waals surface area contributed by atoms with E-state index in [9.17, 15) is 13.2 Å². The van der Waals surface area contributed by atoms with Gasteiger partial charge >= 0.3 is 6.18 Å². The number of aromatic amines is 1. The van der Waals surface area contributed by atoms with Gasteiger partial charge in [0.1, 0.15) is 0 Å². The molecule has 0 atom stereocenters. The Balaban J connectivity index is 2.51. The molecule has 6 heteroatoms. The smallest absolute Gasteiger partial charge is 0.383 e. The minimum atomic E-state index is -4.29. The fourth-order valence-corrected chi connectivity index (χ4v) is 1.20. The molecule has 1 aromatic rings. The molecule has 0 aliphatic rings. The van der Waals surface area contributed by atoms with E-state index in [0.717, 1.165) is 6.20 Å². The molecule has 0 fully saturated rings. The van der Waals surface area contributed by atoms with Gasteiger partial charge < -0.3 is 15.0 Å². The van der Waals surface area contributed by atoms with E-state index >= 15 is 0 Å². The van der Waals surface area contributed by atoms with E-state index in [2.05, 4.69) is 10.3 Å². The minimum Gasteiger partial charge on any atom is -0.383 e. The van der Waals surface area contributed by atoms with E-state index < -0.39 is 11.7 Å². The van der Waals surface area contributed by atoms with Crippen LogP contribution in [-0.4, -0.2) is 25.2 Å². The average Bonchev–Trinajstić information content (AvgIpc) is 2.59. The van der Waals surface area contributed by atoms with Crippen molar-refractivity contribution in [2.24, 2.45) is 0 Å². The van der Waals surface area contributed by atoms with Gasteiger partial charge in [0.15, 0.2) is 0 Å². The van der Waals surface area contributed by atoms with Gasteiger partial charge in [-0.1, -0.05) is 0 Å². The van der Waals surface area contributed by atoms with E-state index in [-0.39, 0.29) is 12.1 Å². The molecule has 0 bridgehead atoms. The first-order chi connectivity index (χ1) is 7.05. The summed E-state index contributed by atoms with van der Waals surface area (Å²) < 4.78 is 41.9. The highest BCUT2D eigenvalue weighted by atomic mass is 19.4. The zero-order valence-electron chi connectivity index (χ0n) is 8.32. The lowest BCUT2D eigenvalue weighted by molar-refractivity contribution is -0.138. The summed E-state index contributed by atoms with van der Waals surface area (Å²) in [7, 11) is 1.54. The zero-order chi connectivity index (χ0) is 11.3. The Kier molecular flexibility index (Phi) is 4.16. The van der Waals surface area contributed by atoms with Crippen LogP contribution in [0.4, 0.5) is 13.2 Å². The molecule has 0 saturated carbocycles. The summed E-state index contributed by atoms with van der Waals surface area (Å²) in [5.74, 6) is 0. The summed E-state index contributed by atoms with van der Waals surface area (Å²) in [5, 5.41) is 2.86. The van der Waals surface area contributed by atoms with Crippen LogP contribution in [0.1, 0.15) is 11.1 Å². The first kappa shape index (κ1) is 12.1. The number of rotatable bonds is 5. The van der Waals surface area contributed by atoms with Gasteiger partial charge in [0.2, 0.25) is 0 Å². The number of alkyl halides is 3. The minimum absolute atomic E-state index is 0.182. The molecule has 0 unspecified atom stereocenters. The summed E-state index contributed by atoms with van der Waals surface area (Å²) in [6, 6.07) is 0. The summed E-state index contributed by atoms with van der Waals surface area (Å²) in [6.45, 7) is 1.19. The Hall–Kier alpha value is -1.01. The first-order valence-electron chi connectivity index (χ1n) is 4.48. The molecule has 0 amide bonds. The fourth-order valence-electron chi connectivity index (χ4n) is 1.20. The SMILES string of the molecule is COCCNCc1c[nH]cc1C(F)(F)F. The number of methoxy groups -OCH3 is 1. The third-order valence-electron chi connectivity index (χ3n) is 1.94. The quantitative estimate of drug-likeness (QED) is 0.745. The predicted octanol–water partition coefficient (Wildman–Crippen LogP) is 1.77. The van der Waals surface area contributed by atoms with Gasteiger partial charge in [-0.3, -0.25) is 0 Å². The third-order valence-corrected chi connectivity index (χ3v) is 1.94. The predicted molar refractivity (Wildman–Crippen MR) is 49.4 cm³/mol. The Morgan fingerprint density at radius 2 is 2.13 bits per heavy atom. The van der Waals surface area contributed by atoms with Gasteiger partial charge in [-0.25, -0.2) is 0 Å². The maximum Gasteiger partial charge on any atom is 0.418 e. The zero-order valence-corrected chi connectivity index (χ0v) is 8.32. The first-order valence-corrected chi connectivity index (χ1v) is 4.48. The molecule has 1 aromatic heterocycles. The second-order valence-electron chi connectivity index (χ2n) is 3.06. The Morgan fingerprint density at radius 1 is 1.40 bits per heavy atom. The van der Waals surface area contributed by atoms with Crippen molar-refractivity contribution < 1.29 is 17.9 Å². The van der Waals surface area contributed by atoms with Gasteiger partial charge in [-0.2, -0.15) is 13.2 Å². The monoisotopic (exact) mass is 222 g/mol. The van der Waals surface area contributed by atoms with Crippen molar-refractivity contribution in [3.63, 3.8) is 0 Å². The molecule has 2 N–H and O–H groups in total. The van der Waals surface area contributed by atoms with Crippen molar-refractivity contribution in [1.82, 2.24) is 10.3 Å². The summed E-state index contributed by atoms with van der Waals surface area (Å²) in [6.07, 6.45) is -1.98. The van der Waals surface area contributed by atoms with Crippen molar-refractivity contribution >= 4 is 0 Å². The van der Waals surface area contributed by atoms with Crippen LogP contribution in [-0.2, 0) is 17.5 Å². The molecule has 0 aromatic carbocycles. The highest BCUT2D eigenvalue weighted by Crippen LogP contribution is 2.31. The largest absolute Gasteiger partial charge is 0.418 e. The molecule has 0 radical (unpaired) electrons. The van der Waals surface area contributed by atoms with Crippen LogP contribution in [0.5, 0.6) is 0 Å². The van der Waals surface area contributed by atoms with Crippen LogP contribution in [0.25, 0.3) is 0 Å². The molecule has 86 valence electrons. The van der Waals surface area contributed by atoms with E-state index in [1.165, 1.54) is 6.20 Å². The normalized spacial score (nSPS) is 12.0. The van der Waals surface area contributed by atoms with Crippen molar-refractivity contribution in [2.75, 3.05) is 20.3 Å². The molecular weight excluding hydrogens is 209 g/mol. The lowest BCUT2D eigenvalue weighted by atomic mass is 10.2. The van der Waals surface area contributed by atoms with Gasteiger partial charge in [0.25, 0.3) is 0 Å². The van der Waals surface area contributed by atoms with Crippen molar-refractivity contribution in [1.29, 1.82) is 0 Å². The topological polar surface area (TPSA) is 37.0 Å². The van der Waals surface area contributed by atoms with Crippen LogP contribution in [0.15, 0.2) is 12.4 Å². The third kappa shape index (κ3) is 3.56. The number of aromatic nitrogens is 1. The van der Waals surface area contributed by atoms with Crippen molar-refractivity contribution in [3.05, 3.63) is 23.5 Å². The number of nitrogens with one attached hydrogen (secondary N) is 2. The summed E-state index contributed by atoms with van der Waals surface area (Å²) in [4.78, 5) is 2.45. The second-order valence-corrected chi connectivity index (χ2v) is 3.06. The van der Waals surface area contributed by atoms with Crippen molar-refractivity contribution in [3.8, 4) is 0 Å². The average molecular weight is 222 g/mol. The van der Waals surface area contributed by atoms with Gasteiger partial charge in [0, 0.05) is 32.6 Å². The maximum atomic E-state index is 12.4. The molecule has 0 aliphatic carbocycles. The Labute approximate surface area is 85.6 Å². The Bertz CT molecular complexity index is 296. The van der Waals surface area contributed by atoms with Crippen LogP contribution >= 0.6 is 0 Å². The summed E-state index contributed by atoms with van der Waals surface area (Å²) >= 11 is 0. The lowest BCUT2D eigenvalue weighted by Gasteiger charge is -2.08. The molecule has 0 aliphatic heterocycles. The van der Waals surface area contributed by atoms with Gasteiger partial charge in [-0.15, -0.1) is 0 Å². The highest BCUT2D eigenvalue weighted by molar-refractivity contribution is 5.25. The number of ether oxygens (including phenoxy) is 1. The number of hydrogen-bond donors (Lipinski definition) is 2. The number of H-pyrrole nitrogens is 1. The molecule has 15 heavy (non-hydrogen) atoms. The van der Waals surface area contributed by atoms with E-state index in [1.807, 2.05) is 0 Å². The van der Waals surface area contributed by atoms with Crippen LogP contribution in [0.3, 0.4) is 0 Å². The van der Waals surface area contributed by atoms with Crippen molar-refractivity contribution in [2.45, 2.75) is 12.7 Å². The Morgan fingerprint density at radius 3 is 2.73 bits per heavy atom. The molecule has 0 saturated heterocycles. The van der Waals surface area contributed by atoms with E-state index in [4.69, 9.17) is 4.74 Å². The summed E-state index contributed by atoms with van der Waals surface area (Å²) in [5.41, 5.74) is -0.397. The second kappa shape index (κ2) is 5.18. The molecular formula is C9H13F3N2O. The van der Waals surface area contributed by atoms with Gasteiger partial charge in [-0.05, 0) is 5.56 Å². The highest BCUT2D eigenvalue weighted by Gasteiger charge is 2.33.